The molecule has 1 fully saturated rings. The number of rotatable bonds is 3. The maximum atomic E-state index is 12.2. The number of pyridine rings is 1. The van der Waals surface area contributed by atoms with E-state index in [1.807, 2.05) is 12.1 Å². The molecule has 0 spiro atoms. The third kappa shape index (κ3) is 3.60. The van der Waals surface area contributed by atoms with Crippen LogP contribution in [0.3, 0.4) is 0 Å². The van der Waals surface area contributed by atoms with Gasteiger partial charge in [-0.1, -0.05) is 0 Å². The molecule has 2 N–H and O–H groups in total. The monoisotopic (exact) mass is 340 g/mol. The molecule has 0 radical (unpaired) electrons. The van der Waals surface area contributed by atoms with Crippen molar-refractivity contribution in [2.24, 2.45) is 0 Å². The number of nitrogens with one attached hydrogen (secondary N) is 2. The normalized spacial score (nSPS) is 15.8. The third-order valence-corrected chi connectivity index (χ3v) is 4.24. The van der Waals surface area contributed by atoms with Crippen molar-refractivity contribution in [1.82, 2.24) is 4.98 Å². The van der Waals surface area contributed by atoms with Gasteiger partial charge in [0.25, 0.3) is 0 Å². The van der Waals surface area contributed by atoms with E-state index < -0.39 is 0 Å². The van der Waals surface area contributed by atoms with E-state index in [2.05, 4.69) is 20.5 Å². The number of urea groups is 1. The molecule has 130 valence electrons. The molecule has 0 saturated carbocycles. The molecule has 1 saturated heterocycles. The first-order valence-electron chi connectivity index (χ1n) is 8.46. The molecule has 1 aromatic carbocycles. The lowest BCUT2D eigenvalue weighted by Gasteiger charge is -2.19. The van der Waals surface area contributed by atoms with E-state index in [-0.39, 0.29) is 6.03 Å². The second-order valence-electron chi connectivity index (χ2n) is 6.04. The summed E-state index contributed by atoms with van der Waals surface area (Å²) in [7, 11) is 0. The Hall–Kier alpha value is -2.96. The molecule has 0 unspecified atom stereocenters. The van der Waals surface area contributed by atoms with Crippen LogP contribution in [0.25, 0.3) is 0 Å². The predicted molar refractivity (Wildman–Crippen MR) is 95.8 cm³/mol. The summed E-state index contributed by atoms with van der Waals surface area (Å²) >= 11 is 0. The van der Waals surface area contributed by atoms with Gasteiger partial charge in [-0.05, 0) is 37.1 Å². The number of hydrogen-bond donors (Lipinski definition) is 2. The van der Waals surface area contributed by atoms with E-state index >= 15 is 0 Å². The van der Waals surface area contributed by atoms with Crippen molar-refractivity contribution < 1.29 is 14.3 Å². The van der Waals surface area contributed by atoms with E-state index in [1.54, 1.807) is 24.4 Å². The Morgan fingerprint density at radius 1 is 0.960 bits per heavy atom. The molecule has 7 heteroatoms. The smallest absolute Gasteiger partial charge is 0.323 e. The van der Waals surface area contributed by atoms with Gasteiger partial charge in [0.2, 0.25) is 0 Å². The zero-order valence-electron chi connectivity index (χ0n) is 13.8. The summed E-state index contributed by atoms with van der Waals surface area (Å²) in [5.74, 6) is 2.29. The number of fused-ring (bicyclic) bond motifs is 1. The average molecular weight is 340 g/mol. The molecule has 1 aromatic heterocycles. The second kappa shape index (κ2) is 6.88. The number of amides is 2. The Labute approximate surface area is 145 Å². The van der Waals surface area contributed by atoms with Crippen molar-refractivity contribution in [1.29, 1.82) is 0 Å². The number of nitrogens with zero attached hydrogens (tertiary/aromatic N) is 2. The van der Waals surface area contributed by atoms with Crippen LogP contribution in [-0.2, 0) is 0 Å². The number of hydrogen-bond acceptors (Lipinski definition) is 5. The Morgan fingerprint density at radius 3 is 2.44 bits per heavy atom. The molecule has 7 nitrogen and oxygen atoms in total. The Bertz CT molecular complexity index is 757. The van der Waals surface area contributed by atoms with E-state index in [1.165, 1.54) is 12.8 Å². The van der Waals surface area contributed by atoms with Gasteiger partial charge in [-0.3, -0.25) is 0 Å². The van der Waals surface area contributed by atoms with E-state index in [0.717, 1.165) is 18.9 Å². The fourth-order valence-electron chi connectivity index (χ4n) is 3.01. The first-order valence-corrected chi connectivity index (χ1v) is 8.46. The fraction of sp³-hybridized carbons (Fsp3) is 0.333. The van der Waals surface area contributed by atoms with E-state index in [0.29, 0.717) is 36.1 Å². The number of aromatic nitrogens is 1. The van der Waals surface area contributed by atoms with Gasteiger partial charge in [-0.15, -0.1) is 0 Å². The van der Waals surface area contributed by atoms with Crippen LogP contribution in [0, 0.1) is 0 Å². The molecule has 3 heterocycles. The third-order valence-electron chi connectivity index (χ3n) is 4.24. The SMILES string of the molecule is O=C(Nc1ccc(N2CCCC2)nc1)Nc1ccc2c(c1)OCCO2. The Balaban J connectivity index is 1.37. The standard InChI is InChI=1S/C18H20N4O3/c23-18(20-13-3-5-15-16(11-13)25-10-9-24-15)21-14-4-6-17(19-12-14)22-7-1-2-8-22/h3-6,11-12H,1-2,7-10H2,(H2,20,21,23). The van der Waals surface area contributed by atoms with Gasteiger partial charge in [0.05, 0.1) is 11.9 Å². The van der Waals surface area contributed by atoms with Crippen molar-refractivity contribution in [3.63, 3.8) is 0 Å². The molecule has 2 aliphatic rings. The van der Waals surface area contributed by atoms with Crippen molar-refractivity contribution >= 4 is 23.2 Å². The maximum absolute atomic E-state index is 12.2. The minimum Gasteiger partial charge on any atom is -0.486 e. The highest BCUT2D eigenvalue weighted by Gasteiger charge is 2.14. The number of carbonyl (C=O) groups excluding carboxylic acids is 1. The highest BCUT2D eigenvalue weighted by molar-refractivity contribution is 5.99. The Morgan fingerprint density at radius 2 is 1.68 bits per heavy atom. The molecule has 2 amide bonds. The first kappa shape index (κ1) is 15.6. The first-order chi connectivity index (χ1) is 12.3. The summed E-state index contributed by atoms with van der Waals surface area (Å²) in [6.07, 6.45) is 4.09. The zero-order valence-corrected chi connectivity index (χ0v) is 13.8. The van der Waals surface area contributed by atoms with Gasteiger partial charge in [0, 0.05) is 24.8 Å². The van der Waals surface area contributed by atoms with Crippen LogP contribution in [0.5, 0.6) is 11.5 Å². The number of ether oxygens (including phenoxy) is 2. The largest absolute Gasteiger partial charge is 0.486 e. The van der Waals surface area contributed by atoms with Gasteiger partial charge in [-0.25, -0.2) is 9.78 Å². The van der Waals surface area contributed by atoms with Crippen LogP contribution in [-0.4, -0.2) is 37.3 Å². The summed E-state index contributed by atoms with van der Waals surface area (Å²) in [6.45, 7) is 3.15. The molecule has 2 aromatic rings. The lowest BCUT2D eigenvalue weighted by Crippen LogP contribution is -2.21. The highest BCUT2D eigenvalue weighted by atomic mass is 16.6. The van der Waals surface area contributed by atoms with Crippen LogP contribution < -0.4 is 25.0 Å². The van der Waals surface area contributed by atoms with Crippen molar-refractivity contribution in [2.45, 2.75) is 12.8 Å². The summed E-state index contributed by atoms with van der Waals surface area (Å²) in [5, 5.41) is 5.57. The predicted octanol–water partition coefficient (Wildman–Crippen LogP) is 3.10. The second-order valence-corrected chi connectivity index (χ2v) is 6.04. The van der Waals surface area contributed by atoms with Crippen molar-refractivity contribution in [3.05, 3.63) is 36.5 Å². The average Bonchev–Trinajstić information content (AvgIpc) is 3.17. The quantitative estimate of drug-likeness (QED) is 0.898. The molecule has 0 aliphatic carbocycles. The highest BCUT2D eigenvalue weighted by Crippen LogP contribution is 2.32. The molecular weight excluding hydrogens is 320 g/mol. The van der Waals surface area contributed by atoms with Gasteiger partial charge < -0.3 is 25.0 Å². The van der Waals surface area contributed by atoms with Gasteiger partial charge in [-0.2, -0.15) is 0 Å². The van der Waals surface area contributed by atoms with Crippen LogP contribution in [0.1, 0.15) is 12.8 Å². The molecule has 25 heavy (non-hydrogen) atoms. The summed E-state index contributed by atoms with van der Waals surface area (Å²) in [6, 6.07) is 8.79. The summed E-state index contributed by atoms with van der Waals surface area (Å²) < 4.78 is 11.0. The topological polar surface area (TPSA) is 75.7 Å². The maximum Gasteiger partial charge on any atom is 0.323 e. The lowest BCUT2D eigenvalue weighted by atomic mass is 10.2. The fourth-order valence-corrected chi connectivity index (χ4v) is 3.01. The van der Waals surface area contributed by atoms with Crippen molar-refractivity contribution in [3.8, 4) is 11.5 Å². The van der Waals surface area contributed by atoms with Gasteiger partial charge in [0.1, 0.15) is 19.0 Å². The zero-order chi connectivity index (χ0) is 17.1. The van der Waals surface area contributed by atoms with Crippen molar-refractivity contribution in [2.75, 3.05) is 41.8 Å². The minimum absolute atomic E-state index is 0.326. The minimum atomic E-state index is -0.326. The molecule has 2 aliphatic heterocycles. The van der Waals surface area contributed by atoms with Gasteiger partial charge >= 0.3 is 6.03 Å². The van der Waals surface area contributed by atoms with Crippen LogP contribution in [0.2, 0.25) is 0 Å². The number of carbonyl (C=O) groups is 1. The van der Waals surface area contributed by atoms with Crippen LogP contribution in [0.15, 0.2) is 36.5 Å². The Kier molecular flexibility index (Phi) is 4.28. The molecule has 4 rings (SSSR count). The van der Waals surface area contributed by atoms with Gasteiger partial charge in [0.15, 0.2) is 11.5 Å². The molecular formula is C18H20N4O3. The van der Waals surface area contributed by atoms with E-state index in [9.17, 15) is 4.79 Å². The number of benzene rings is 1. The number of anilines is 3. The lowest BCUT2D eigenvalue weighted by molar-refractivity contribution is 0.171. The van der Waals surface area contributed by atoms with Crippen LogP contribution in [0.4, 0.5) is 22.0 Å². The van der Waals surface area contributed by atoms with E-state index in [4.69, 9.17) is 9.47 Å². The van der Waals surface area contributed by atoms with Crippen LogP contribution >= 0.6 is 0 Å². The summed E-state index contributed by atoms with van der Waals surface area (Å²) in [4.78, 5) is 18.8. The summed E-state index contributed by atoms with van der Waals surface area (Å²) in [5.41, 5.74) is 1.29. The molecule has 0 atom stereocenters. The molecule has 0 bridgehead atoms.